The Morgan fingerprint density at radius 1 is 1.00 bits per heavy atom. The number of halogens is 1. The third kappa shape index (κ3) is 4.32. The van der Waals surface area contributed by atoms with E-state index in [9.17, 15) is 4.79 Å². The van der Waals surface area contributed by atoms with Crippen molar-refractivity contribution in [3.63, 3.8) is 0 Å². The van der Waals surface area contributed by atoms with Crippen molar-refractivity contribution in [3.8, 4) is 11.4 Å². The molecule has 4 rings (SSSR count). The highest BCUT2D eigenvalue weighted by Crippen LogP contribution is 2.22. The summed E-state index contributed by atoms with van der Waals surface area (Å²) in [6, 6.07) is 20.8. The van der Waals surface area contributed by atoms with E-state index in [1.54, 1.807) is 16.6 Å². The topological polar surface area (TPSA) is 72.2 Å². The van der Waals surface area contributed by atoms with E-state index in [4.69, 9.17) is 11.6 Å². The number of benzene rings is 2. The number of thioether (sulfide) groups is 1. The van der Waals surface area contributed by atoms with Crippen LogP contribution in [0, 0.1) is 0 Å². The molecule has 0 aliphatic carbocycles. The van der Waals surface area contributed by atoms with E-state index >= 15 is 0 Å². The van der Waals surface area contributed by atoms with Gasteiger partial charge in [-0.1, -0.05) is 53.7 Å². The van der Waals surface area contributed by atoms with Gasteiger partial charge in [-0.3, -0.25) is 4.79 Å². The van der Waals surface area contributed by atoms with Gasteiger partial charge in [0.15, 0.2) is 11.5 Å². The fourth-order valence-corrected chi connectivity index (χ4v) is 3.43. The lowest BCUT2D eigenvalue weighted by Gasteiger charge is -2.05. The Hall–Kier alpha value is -2.90. The number of hydrogen-bond acceptors (Lipinski definition) is 5. The van der Waals surface area contributed by atoms with Crippen LogP contribution in [0.4, 0.5) is 0 Å². The largest absolute Gasteiger partial charge is 0.351 e. The standard InChI is InChI=1S/C20H16ClN5OS/c21-16-8-6-15(7-9-16)20-24-23-17-10-11-19(25-26(17)20)28-13-18(27)22-12-14-4-2-1-3-5-14/h1-11H,12-13H2,(H,22,27). The molecule has 2 heterocycles. The average Bonchev–Trinajstić information content (AvgIpc) is 3.15. The molecule has 1 N–H and O–H groups in total. The molecule has 0 aliphatic heterocycles. The quantitative estimate of drug-likeness (QED) is 0.490. The Morgan fingerprint density at radius 2 is 1.79 bits per heavy atom. The second-order valence-electron chi connectivity index (χ2n) is 6.02. The van der Waals surface area contributed by atoms with Gasteiger partial charge in [0.25, 0.3) is 0 Å². The van der Waals surface area contributed by atoms with Crippen LogP contribution in [0.1, 0.15) is 5.56 Å². The highest BCUT2D eigenvalue weighted by molar-refractivity contribution is 7.99. The second-order valence-corrected chi connectivity index (χ2v) is 7.46. The van der Waals surface area contributed by atoms with Gasteiger partial charge in [0.1, 0.15) is 5.03 Å². The number of carbonyl (C=O) groups excluding carboxylic acids is 1. The fourth-order valence-electron chi connectivity index (χ4n) is 2.62. The molecule has 1 amide bonds. The molecule has 2 aromatic carbocycles. The van der Waals surface area contributed by atoms with E-state index in [0.29, 0.717) is 23.0 Å². The molecule has 6 nitrogen and oxygen atoms in total. The normalized spacial score (nSPS) is 10.9. The monoisotopic (exact) mass is 409 g/mol. The summed E-state index contributed by atoms with van der Waals surface area (Å²) in [5.41, 5.74) is 2.58. The van der Waals surface area contributed by atoms with E-state index in [1.807, 2.05) is 54.6 Å². The van der Waals surface area contributed by atoms with Crippen molar-refractivity contribution < 1.29 is 4.79 Å². The third-order valence-corrected chi connectivity index (χ3v) is 5.20. The van der Waals surface area contributed by atoms with Gasteiger partial charge in [-0.15, -0.1) is 10.2 Å². The molecule has 0 bridgehead atoms. The summed E-state index contributed by atoms with van der Waals surface area (Å²) in [5.74, 6) is 0.865. The lowest BCUT2D eigenvalue weighted by atomic mass is 10.2. The summed E-state index contributed by atoms with van der Waals surface area (Å²) < 4.78 is 1.67. The van der Waals surface area contributed by atoms with E-state index in [2.05, 4.69) is 20.6 Å². The molecule has 0 aliphatic rings. The van der Waals surface area contributed by atoms with Gasteiger partial charge < -0.3 is 5.32 Å². The van der Waals surface area contributed by atoms with Gasteiger partial charge in [-0.05, 0) is 42.0 Å². The van der Waals surface area contributed by atoms with Crippen molar-refractivity contribution in [1.82, 2.24) is 25.1 Å². The predicted octanol–water partition coefficient (Wildman–Crippen LogP) is 3.85. The summed E-state index contributed by atoms with van der Waals surface area (Å²) in [6.45, 7) is 0.513. The van der Waals surface area contributed by atoms with Crippen molar-refractivity contribution in [2.24, 2.45) is 0 Å². The zero-order valence-corrected chi connectivity index (χ0v) is 16.3. The van der Waals surface area contributed by atoms with Gasteiger partial charge in [-0.2, -0.15) is 9.61 Å². The van der Waals surface area contributed by atoms with E-state index in [1.165, 1.54) is 11.8 Å². The molecule has 0 saturated carbocycles. The van der Waals surface area contributed by atoms with Crippen molar-refractivity contribution in [2.45, 2.75) is 11.6 Å². The Bertz CT molecular complexity index is 1100. The molecular formula is C20H16ClN5OS. The first kappa shape index (κ1) is 18.5. The third-order valence-electron chi connectivity index (χ3n) is 4.02. The van der Waals surface area contributed by atoms with Crippen LogP contribution < -0.4 is 5.32 Å². The number of amides is 1. The van der Waals surface area contributed by atoms with Crippen LogP contribution in [0.25, 0.3) is 17.0 Å². The summed E-state index contributed by atoms with van der Waals surface area (Å²) >= 11 is 7.32. The number of nitrogens with zero attached hydrogens (tertiary/aromatic N) is 4. The number of hydrogen-bond donors (Lipinski definition) is 1. The van der Waals surface area contributed by atoms with Crippen LogP contribution in [0.5, 0.6) is 0 Å². The molecule has 4 aromatic rings. The zero-order chi connectivity index (χ0) is 19.3. The van der Waals surface area contributed by atoms with Crippen molar-refractivity contribution >= 4 is 34.9 Å². The Morgan fingerprint density at radius 3 is 2.57 bits per heavy atom. The summed E-state index contributed by atoms with van der Waals surface area (Å²) in [6.07, 6.45) is 0. The van der Waals surface area contributed by atoms with Crippen molar-refractivity contribution in [2.75, 3.05) is 5.75 Å². The summed E-state index contributed by atoms with van der Waals surface area (Å²) in [7, 11) is 0. The van der Waals surface area contributed by atoms with E-state index in [-0.39, 0.29) is 11.7 Å². The lowest BCUT2D eigenvalue weighted by Crippen LogP contribution is -2.24. The van der Waals surface area contributed by atoms with Gasteiger partial charge in [0, 0.05) is 17.1 Å². The molecule has 0 spiro atoms. The van der Waals surface area contributed by atoms with Gasteiger partial charge in [0.2, 0.25) is 5.91 Å². The molecule has 140 valence electrons. The highest BCUT2D eigenvalue weighted by Gasteiger charge is 2.11. The number of carbonyl (C=O) groups is 1. The lowest BCUT2D eigenvalue weighted by molar-refractivity contribution is -0.118. The number of fused-ring (bicyclic) bond motifs is 1. The van der Waals surface area contributed by atoms with E-state index in [0.717, 1.165) is 16.2 Å². The fraction of sp³-hybridized carbons (Fsp3) is 0.100. The molecule has 0 radical (unpaired) electrons. The summed E-state index contributed by atoms with van der Waals surface area (Å²) in [5, 5.41) is 17.2. The first-order valence-electron chi connectivity index (χ1n) is 8.61. The minimum absolute atomic E-state index is 0.0440. The van der Waals surface area contributed by atoms with Crippen LogP contribution in [0.15, 0.2) is 71.8 Å². The van der Waals surface area contributed by atoms with Crippen LogP contribution >= 0.6 is 23.4 Å². The molecule has 2 aromatic heterocycles. The maximum absolute atomic E-state index is 12.1. The smallest absolute Gasteiger partial charge is 0.230 e. The van der Waals surface area contributed by atoms with Crippen LogP contribution in [-0.4, -0.2) is 31.5 Å². The number of rotatable bonds is 6. The average molecular weight is 410 g/mol. The molecule has 8 heteroatoms. The maximum atomic E-state index is 12.1. The van der Waals surface area contributed by atoms with Crippen molar-refractivity contribution in [3.05, 3.63) is 77.3 Å². The predicted molar refractivity (Wildman–Crippen MR) is 110 cm³/mol. The highest BCUT2D eigenvalue weighted by atomic mass is 35.5. The Kier molecular flexibility index (Phi) is 5.55. The minimum Gasteiger partial charge on any atom is -0.351 e. The van der Waals surface area contributed by atoms with Crippen LogP contribution in [-0.2, 0) is 11.3 Å². The van der Waals surface area contributed by atoms with Crippen LogP contribution in [0.3, 0.4) is 0 Å². The van der Waals surface area contributed by atoms with Gasteiger partial charge in [-0.25, -0.2) is 0 Å². The van der Waals surface area contributed by atoms with Gasteiger partial charge in [0.05, 0.1) is 5.75 Å². The number of aromatic nitrogens is 4. The molecule has 0 atom stereocenters. The second kappa shape index (κ2) is 8.41. The maximum Gasteiger partial charge on any atom is 0.230 e. The molecular weight excluding hydrogens is 394 g/mol. The van der Waals surface area contributed by atoms with Crippen molar-refractivity contribution in [1.29, 1.82) is 0 Å². The number of nitrogens with one attached hydrogen (secondary N) is 1. The Balaban J connectivity index is 1.43. The minimum atomic E-state index is -0.0440. The first-order chi connectivity index (χ1) is 13.7. The molecule has 28 heavy (non-hydrogen) atoms. The van der Waals surface area contributed by atoms with Crippen LogP contribution in [0.2, 0.25) is 5.02 Å². The summed E-state index contributed by atoms with van der Waals surface area (Å²) in [4.78, 5) is 12.1. The zero-order valence-electron chi connectivity index (χ0n) is 14.7. The molecule has 0 unspecified atom stereocenters. The first-order valence-corrected chi connectivity index (χ1v) is 9.97. The van der Waals surface area contributed by atoms with Gasteiger partial charge >= 0.3 is 0 Å². The SMILES string of the molecule is O=C(CSc1ccc2nnc(-c3ccc(Cl)cc3)n2n1)NCc1ccccc1. The molecule has 0 saturated heterocycles. The van der Waals surface area contributed by atoms with E-state index < -0.39 is 0 Å². The molecule has 0 fully saturated rings. The Labute approximate surface area is 170 Å².